The van der Waals surface area contributed by atoms with Crippen molar-refractivity contribution in [3.05, 3.63) is 110 Å². The summed E-state index contributed by atoms with van der Waals surface area (Å²) in [7, 11) is 1.58. The van der Waals surface area contributed by atoms with Crippen molar-refractivity contribution in [2.45, 2.75) is 0 Å². The van der Waals surface area contributed by atoms with Gasteiger partial charge in [-0.2, -0.15) is 0 Å². The highest BCUT2D eigenvalue weighted by Crippen LogP contribution is 2.34. The van der Waals surface area contributed by atoms with Gasteiger partial charge in [0.05, 0.1) is 18.0 Å². The molecule has 6 nitrogen and oxygen atoms in total. The Labute approximate surface area is 208 Å². The number of aromatic nitrogens is 3. The van der Waals surface area contributed by atoms with Gasteiger partial charge in [0, 0.05) is 41.3 Å². The number of pyridine rings is 3. The van der Waals surface area contributed by atoms with Crippen LogP contribution in [0, 0.1) is 0 Å². The molecule has 3 heterocycles. The molecule has 0 saturated heterocycles. The van der Waals surface area contributed by atoms with E-state index in [-0.39, 0.29) is 0 Å². The molecule has 0 saturated carbocycles. The highest BCUT2D eigenvalue weighted by molar-refractivity contribution is 6.02. The normalized spacial score (nSPS) is 10.9. The third-order valence-corrected chi connectivity index (χ3v) is 6.00. The lowest BCUT2D eigenvalue weighted by atomic mass is 10.0. The SMILES string of the molecule is COc1cc2nccc(Oc3ccc(Nc4ncc(-c5ccccc5)c5ccccc45)cc3)c2cn1. The van der Waals surface area contributed by atoms with Crippen LogP contribution in [0.1, 0.15) is 0 Å². The second-order valence-electron chi connectivity index (χ2n) is 8.24. The zero-order valence-electron chi connectivity index (χ0n) is 19.6. The van der Waals surface area contributed by atoms with E-state index in [9.17, 15) is 0 Å². The van der Waals surface area contributed by atoms with Crippen LogP contribution in [0.2, 0.25) is 0 Å². The molecule has 0 aliphatic rings. The fraction of sp³-hybridized carbons (Fsp3) is 0.0333. The molecule has 6 rings (SSSR count). The van der Waals surface area contributed by atoms with Crippen molar-refractivity contribution < 1.29 is 9.47 Å². The lowest BCUT2D eigenvalue weighted by Crippen LogP contribution is -1.96. The Morgan fingerprint density at radius 1 is 0.694 bits per heavy atom. The fourth-order valence-corrected chi connectivity index (χ4v) is 4.21. The number of nitrogens with one attached hydrogen (secondary N) is 1. The van der Waals surface area contributed by atoms with Gasteiger partial charge in [-0.1, -0.05) is 54.6 Å². The maximum Gasteiger partial charge on any atom is 0.215 e. The number of nitrogens with zero attached hydrogens (tertiary/aromatic N) is 3. The third-order valence-electron chi connectivity index (χ3n) is 6.00. The molecule has 3 aromatic carbocycles. The number of anilines is 2. The molecule has 3 aromatic heterocycles. The molecule has 0 fully saturated rings. The number of hydrogen-bond donors (Lipinski definition) is 1. The van der Waals surface area contributed by atoms with E-state index >= 15 is 0 Å². The zero-order chi connectivity index (χ0) is 24.3. The van der Waals surface area contributed by atoms with Gasteiger partial charge in [-0.15, -0.1) is 0 Å². The maximum atomic E-state index is 6.14. The summed E-state index contributed by atoms with van der Waals surface area (Å²) in [5, 5.41) is 6.48. The summed E-state index contributed by atoms with van der Waals surface area (Å²) in [5.74, 6) is 2.71. The Morgan fingerprint density at radius 3 is 2.28 bits per heavy atom. The van der Waals surface area contributed by atoms with Crippen molar-refractivity contribution in [3.8, 4) is 28.5 Å². The molecule has 6 aromatic rings. The second kappa shape index (κ2) is 9.35. The van der Waals surface area contributed by atoms with Gasteiger partial charge in [0.25, 0.3) is 0 Å². The van der Waals surface area contributed by atoms with Crippen molar-refractivity contribution in [3.63, 3.8) is 0 Å². The van der Waals surface area contributed by atoms with Gasteiger partial charge in [0.2, 0.25) is 5.88 Å². The summed E-state index contributed by atoms with van der Waals surface area (Å²) >= 11 is 0. The number of methoxy groups -OCH3 is 1. The van der Waals surface area contributed by atoms with Crippen molar-refractivity contribution in [1.29, 1.82) is 0 Å². The molecule has 0 aliphatic heterocycles. The average molecular weight is 471 g/mol. The van der Waals surface area contributed by atoms with E-state index in [4.69, 9.17) is 14.5 Å². The predicted molar refractivity (Wildman–Crippen MR) is 143 cm³/mol. The summed E-state index contributed by atoms with van der Waals surface area (Å²) < 4.78 is 11.3. The van der Waals surface area contributed by atoms with Crippen LogP contribution < -0.4 is 14.8 Å². The molecule has 0 unspecified atom stereocenters. The largest absolute Gasteiger partial charge is 0.481 e. The molecule has 6 heteroatoms. The van der Waals surface area contributed by atoms with Gasteiger partial charge in [-0.25, -0.2) is 9.97 Å². The molecular formula is C30H22N4O2. The molecule has 1 N–H and O–H groups in total. The van der Waals surface area contributed by atoms with Gasteiger partial charge in [0.1, 0.15) is 17.3 Å². The van der Waals surface area contributed by atoms with Crippen LogP contribution in [0.15, 0.2) is 110 Å². The van der Waals surface area contributed by atoms with E-state index in [0.717, 1.165) is 44.3 Å². The number of fused-ring (bicyclic) bond motifs is 2. The number of hydrogen-bond acceptors (Lipinski definition) is 6. The van der Waals surface area contributed by atoms with Crippen LogP contribution in [-0.2, 0) is 0 Å². The molecule has 36 heavy (non-hydrogen) atoms. The van der Waals surface area contributed by atoms with Crippen LogP contribution in [0.25, 0.3) is 32.8 Å². The van der Waals surface area contributed by atoms with Crippen molar-refractivity contribution >= 4 is 33.2 Å². The maximum absolute atomic E-state index is 6.14. The number of ether oxygens (including phenoxy) is 2. The van der Waals surface area contributed by atoms with Crippen molar-refractivity contribution in [2.24, 2.45) is 0 Å². The van der Waals surface area contributed by atoms with E-state index in [0.29, 0.717) is 17.4 Å². The Morgan fingerprint density at radius 2 is 1.47 bits per heavy atom. The molecule has 0 atom stereocenters. The van der Waals surface area contributed by atoms with E-state index in [1.54, 1.807) is 25.6 Å². The summed E-state index contributed by atoms with van der Waals surface area (Å²) in [6.07, 6.45) is 5.35. The van der Waals surface area contributed by atoms with Gasteiger partial charge >= 0.3 is 0 Å². The average Bonchev–Trinajstić information content (AvgIpc) is 2.94. The van der Waals surface area contributed by atoms with Crippen LogP contribution in [0.4, 0.5) is 11.5 Å². The highest BCUT2D eigenvalue weighted by Gasteiger charge is 2.10. The second-order valence-corrected chi connectivity index (χ2v) is 8.24. The van der Waals surface area contributed by atoms with E-state index in [2.05, 4.69) is 45.6 Å². The molecule has 0 spiro atoms. The van der Waals surface area contributed by atoms with E-state index in [1.165, 1.54) is 0 Å². The number of benzene rings is 3. The Balaban J connectivity index is 1.26. The van der Waals surface area contributed by atoms with Crippen LogP contribution in [0.5, 0.6) is 17.4 Å². The van der Waals surface area contributed by atoms with Crippen LogP contribution in [-0.4, -0.2) is 22.1 Å². The van der Waals surface area contributed by atoms with Crippen molar-refractivity contribution in [1.82, 2.24) is 15.0 Å². The first-order valence-corrected chi connectivity index (χ1v) is 11.6. The first kappa shape index (κ1) is 21.6. The third kappa shape index (κ3) is 4.16. The quantitative estimate of drug-likeness (QED) is 0.274. The Bertz CT molecular complexity index is 1670. The molecular weight excluding hydrogens is 448 g/mol. The van der Waals surface area contributed by atoms with Crippen LogP contribution in [0.3, 0.4) is 0 Å². The molecule has 0 bridgehead atoms. The van der Waals surface area contributed by atoms with Crippen molar-refractivity contribution in [2.75, 3.05) is 12.4 Å². The molecule has 174 valence electrons. The van der Waals surface area contributed by atoms with E-state index in [1.807, 2.05) is 60.8 Å². The highest BCUT2D eigenvalue weighted by atomic mass is 16.5. The van der Waals surface area contributed by atoms with Gasteiger partial charge < -0.3 is 14.8 Å². The monoisotopic (exact) mass is 470 g/mol. The summed E-state index contributed by atoms with van der Waals surface area (Å²) in [5.41, 5.74) is 3.93. The lowest BCUT2D eigenvalue weighted by molar-refractivity contribution is 0.398. The summed E-state index contributed by atoms with van der Waals surface area (Å²) in [6, 6.07) is 30.0. The molecule has 0 radical (unpaired) electrons. The zero-order valence-corrected chi connectivity index (χ0v) is 19.6. The minimum Gasteiger partial charge on any atom is -0.481 e. The first-order valence-electron chi connectivity index (χ1n) is 11.6. The Kier molecular flexibility index (Phi) is 5.60. The first-order chi connectivity index (χ1) is 17.8. The van der Waals surface area contributed by atoms with Crippen LogP contribution >= 0.6 is 0 Å². The van der Waals surface area contributed by atoms with Gasteiger partial charge in [-0.05, 0) is 41.3 Å². The molecule has 0 amide bonds. The Hall–Kier alpha value is -4.97. The molecule has 0 aliphatic carbocycles. The minimum atomic E-state index is 0.514. The van der Waals surface area contributed by atoms with E-state index < -0.39 is 0 Å². The summed E-state index contributed by atoms with van der Waals surface area (Å²) in [4.78, 5) is 13.4. The fourth-order valence-electron chi connectivity index (χ4n) is 4.21. The number of rotatable bonds is 6. The smallest absolute Gasteiger partial charge is 0.215 e. The predicted octanol–water partition coefficient (Wildman–Crippen LogP) is 7.39. The van der Waals surface area contributed by atoms with Gasteiger partial charge in [0.15, 0.2) is 0 Å². The standard InChI is InChI=1S/C30H22N4O2/c1-35-29-17-27-26(19-32-29)28(15-16-31-27)36-22-13-11-21(12-14-22)34-30-24-10-6-5-9-23(24)25(18-33-30)20-7-3-2-4-8-20/h2-19H,1H3,(H,33,34). The lowest BCUT2D eigenvalue weighted by Gasteiger charge is -2.13. The summed E-state index contributed by atoms with van der Waals surface area (Å²) in [6.45, 7) is 0. The van der Waals surface area contributed by atoms with Gasteiger partial charge in [-0.3, -0.25) is 4.98 Å². The topological polar surface area (TPSA) is 69.2 Å². The minimum absolute atomic E-state index is 0.514.